The number of benzene rings is 1. The Labute approximate surface area is 133 Å². The molecule has 0 heterocycles. The lowest BCUT2D eigenvalue weighted by Crippen LogP contribution is -2.26. The molecule has 1 aromatic rings. The van der Waals surface area contributed by atoms with Gasteiger partial charge in [0.15, 0.2) is 11.5 Å². The summed E-state index contributed by atoms with van der Waals surface area (Å²) >= 11 is 3.48. The Bertz CT molecular complexity index is 504. The monoisotopic (exact) mass is 356 g/mol. The van der Waals surface area contributed by atoms with E-state index in [1.54, 1.807) is 7.11 Å². The highest BCUT2D eigenvalue weighted by molar-refractivity contribution is 9.10. The maximum Gasteiger partial charge on any atom is 0.223 e. The predicted molar refractivity (Wildman–Crippen MR) is 84.7 cm³/mol. The molecule has 5 nitrogen and oxygen atoms in total. The summed E-state index contributed by atoms with van der Waals surface area (Å²) in [6, 6.07) is 4.26. The summed E-state index contributed by atoms with van der Waals surface area (Å²) in [6.45, 7) is 0.904. The number of methoxy groups -OCH3 is 1. The van der Waals surface area contributed by atoms with Crippen molar-refractivity contribution >= 4 is 21.8 Å². The predicted octanol–water partition coefficient (Wildman–Crippen LogP) is 2.01. The van der Waals surface area contributed by atoms with Crippen molar-refractivity contribution < 1.29 is 14.3 Å². The molecule has 0 bridgehead atoms. The van der Waals surface area contributed by atoms with Crippen molar-refractivity contribution in [3.63, 3.8) is 0 Å². The van der Waals surface area contributed by atoms with Gasteiger partial charge in [-0.05, 0) is 59.4 Å². The van der Waals surface area contributed by atoms with Crippen molar-refractivity contribution in [1.82, 2.24) is 5.32 Å². The van der Waals surface area contributed by atoms with Gasteiger partial charge in [0.05, 0.1) is 24.6 Å². The molecule has 6 heteroatoms. The van der Waals surface area contributed by atoms with E-state index in [2.05, 4.69) is 21.2 Å². The second kappa shape index (κ2) is 7.66. The first-order valence-electron chi connectivity index (χ1n) is 7.12. The smallest absolute Gasteiger partial charge is 0.223 e. The third-order valence-electron chi connectivity index (χ3n) is 3.24. The Balaban J connectivity index is 1.92. The largest absolute Gasteiger partial charge is 0.493 e. The fourth-order valence-corrected chi connectivity index (χ4v) is 2.60. The first-order chi connectivity index (χ1) is 10.1. The molecule has 1 aliphatic carbocycles. The van der Waals surface area contributed by atoms with Crippen LogP contribution in [0.15, 0.2) is 16.6 Å². The standard InChI is InChI=1S/C15H21BrN2O3/c1-20-13-9-10(4-6-17)8-12(16)15(13)21-7-5-14(19)18-11-2-3-11/h8-9,11H,2-7,17H2,1H3,(H,18,19). The molecule has 21 heavy (non-hydrogen) atoms. The summed E-state index contributed by atoms with van der Waals surface area (Å²) in [5, 5.41) is 2.93. The number of rotatable bonds is 8. The Kier molecular flexibility index (Phi) is 5.87. The lowest BCUT2D eigenvalue weighted by molar-refractivity contribution is -0.121. The van der Waals surface area contributed by atoms with Crippen LogP contribution in [-0.2, 0) is 11.2 Å². The summed E-state index contributed by atoms with van der Waals surface area (Å²) in [5.41, 5.74) is 6.65. The van der Waals surface area contributed by atoms with Crippen LogP contribution >= 0.6 is 15.9 Å². The van der Waals surface area contributed by atoms with Gasteiger partial charge in [-0.15, -0.1) is 0 Å². The van der Waals surface area contributed by atoms with E-state index < -0.39 is 0 Å². The van der Waals surface area contributed by atoms with Gasteiger partial charge in [0, 0.05) is 6.04 Å². The molecule has 0 atom stereocenters. The van der Waals surface area contributed by atoms with Crippen molar-refractivity contribution in [2.24, 2.45) is 5.73 Å². The zero-order valence-corrected chi connectivity index (χ0v) is 13.7. The van der Waals surface area contributed by atoms with Gasteiger partial charge in [0.1, 0.15) is 0 Å². The maximum atomic E-state index is 11.6. The van der Waals surface area contributed by atoms with E-state index in [9.17, 15) is 4.79 Å². The van der Waals surface area contributed by atoms with Crippen LogP contribution in [0.25, 0.3) is 0 Å². The Morgan fingerprint density at radius 2 is 2.24 bits per heavy atom. The van der Waals surface area contributed by atoms with Gasteiger partial charge in [-0.2, -0.15) is 0 Å². The van der Waals surface area contributed by atoms with Gasteiger partial charge in [-0.1, -0.05) is 0 Å². The third-order valence-corrected chi connectivity index (χ3v) is 3.83. The molecule has 0 radical (unpaired) electrons. The Hall–Kier alpha value is -1.27. The second-order valence-corrected chi connectivity index (χ2v) is 5.94. The summed E-state index contributed by atoms with van der Waals surface area (Å²) in [4.78, 5) is 11.6. The minimum absolute atomic E-state index is 0.0346. The normalized spacial score (nSPS) is 13.9. The number of hydrogen-bond donors (Lipinski definition) is 2. The van der Waals surface area contributed by atoms with E-state index in [1.807, 2.05) is 12.1 Å². The number of hydrogen-bond acceptors (Lipinski definition) is 4. The van der Waals surface area contributed by atoms with Gasteiger partial charge in [0.2, 0.25) is 5.91 Å². The average molecular weight is 357 g/mol. The molecule has 3 N–H and O–H groups in total. The number of ether oxygens (including phenoxy) is 2. The molecule has 116 valence electrons. The highest BCUT2D eigenvalue weighted by Gasteiger charge is 2.23. The van der Waals surface area contributed by atoms with Crippen LogP contribution in [0.1, 0.15) is 24.8 Å². The lowest BCUT2D eigenvalue weighted by Gasteiger charge is -2.14. The Morgan fingerprint density at radius 1 is 1.48 bits per heavy atom. The molecule has 1 aromatic carbocycles. The number of carbonyl (C=O) groups excluding carboxylic acids is 1. The molecule has 0 unspecified atom stereocenters. The number of amides is 1. The third kappa shape index (κ3) is 4.89. The summed E-state index contributed by atoms with van der Waals surface area (Å²) < 4.78 is 11.9. The molecule has 1 fully saturated rings. The van der Waals surface area contributed by atoms with Crippen molar-refractivity contribution in [3.05, 3.63) is 22.2 Å². The van der Waals surface area contributed by atoms with Crippen LogP contribution in [0.5, 0.6) is 11.5 Å². The highest BCUT2D eigenvalue weighted by atomic mass is 79.9. The van der Waals surface area contributed by atoms with Gasteiger partial charge >= 0.3 is 0 Å². The molecular formula is C15H21BrN2O3. The quantitative estimate of drug-likeness (QED) is 0.747. The van der Waals surface area contributed by atoms with Crippen LogP contribution in [0.3, 0.4) is 0 Å². The van der Waals surface area contributed by atoms with Crippen molar-refractivity contribution in [2.45, 2.75) is 31.7 Å². The minimum atomic E-state index is 0.0346. The van der Waals surface area contributed by atoms with Gasteiger partial charge < -0.3 is 20.5 Å². The zero-order chi connectivity index (χ0) is 15.2. The van der Waals surface area contributed by atoms with E-state index in [0.717, 1.165) is 29.3 Å². The van der Waals surface area contributed by atoms with Gasteiger partial charge in [0.25, 0.3) is 0 Å². The number of nitrogens with one attached hydrogen (secondary N) is 1. The molecule has 1 amide bonds. The molecule has 1 aliphatic rings. The molecule has 1 saturated carbocycles. The first kappa shape index (κ1) is 16.1. The van der Waals surface area contributed by atoms with E-state index in [1.165, 1.54) is 0 Å². The molecule has 0 spiro atoms. The van der Waals surface area contributed by atoms with Crippen LogP contribution in [0, 0.1) is 0 Å². The van der Waals surface area contributed by atoms with Crippen LogP contribution in [-0.4, -0.2) is 32.2 Å². The van der Waals surface area contributed by atoms with Crippen LogP contribution in [0.2, 0.25) is 0 Å². The molecular weight excluding hydrogens is 336 g/mol. The van der Waals surface area contributed by atoms with Crippen molar-refractivity contribution in [2.75, 3.05) is 20.3 Å². The fraction of sp³-hybridized carbons (Fsp3) is 0.533. The minimum Gasteiger partial charge on any atom is -0.493 e. The highest BCUT2D eigenvalue weighted by Crippen LogP contribution is 2.36. The van der Waals surface area contributed by atoms with E-state index in [-0.39, 0.29) is 5.91 Å². The summed E-state index contributed by atoms with van der Waals surface area (Å²) in [5.74, 6) is 1.31. The van der Waals surface area contributed by atoms with E-state index in [0.29, 0.717) is 37.1 Å². The van der Waals surface area contributed by atoms with Gasteiger partial charge in [-0.3, -0.25) is 4.79 Å². The molecule has 0 aliphatic heterocycles. The topological polar surface area (TPSA) is 73.6 Å². The zero-order valence-electron chi connectivity index (χ0n) is 12.2. The maximum absolute atomic E-state index is 11.6. The first-order valence-corrected chi connectivity index (χ1v) is 7.92. The van der Waals surface area contributed by atoms with Crippen molar-refractivity contribution in [1.29, 1.82) is 0 Å². The number of nitrogens with two attached hydrogens (primary N) is 1. The van der Waals surface area contributed by atoms with E-state index >= 15 is 0 Å². The lowest BCUT2D eigenvalue weighted by atomic mass is 10.1. The average Bonchev–Trinajstić information content (AvgIpc) is 3.25. The molecule has 0 saturated heterocycles. The van der Waals surface area contributed by atoms with Gasteiger partial charge in [-0.25, -0.2) is 0 Å². The Morgan fingerprint density at radius 3 is 2.86 bits per heavy atom. The fourth-order valence-electron chi connectivity index (χ4n) is 2.00. The number of halogens is 1. The second-order valence-electron chi connectivity index (χ2n) is 5.09. The molecule has 0 aromatic heterocycles. The van der Waals surface area contributed by atoms with Crippen LogP contribution in [0.4, 0.5) is 0 Å². The summed E-state index contributed by atoms with van der Waals surface area (Å²) in [6.07, 6.45) is 3.30. The SMILES string of the molecule is COc1cc(CCN)cc(Br)c1OCCC(=O)NC1CC1. The van der Waals surface area contributed by atoms with Crippen molar-refractivity contribution in [3.8, 4) is 11.5 Å². The molecule has 2 rings (SSSR count). The van der Waals surface area contributed by atoms with Crippen LogP contribution < -0.4 is 20.5 Å². The van der Waals surface area contributed by atoms with E-state index in [4.69, 9.17) is 15.2 Å². The number of carbonyl (C=O) groups is 1. The summed E-state index contributed by atoms with van der Waals surface area (Å²) in [7, 11) is 1.60.